The zero-order chi connectivity index (χ0) is 13.7. The Morgan fingerprint density at radius 3 is 2.95 bits per heavy atom. The van der Waals surface area contributed by atoms with Crippen LogP contribution in [0, 0.1) is 0 Å². The van der Waals surface area contributed by atoms with E-state index in [9.17, 15) is 4.79 Å². The van der Waals surface area contributed by atoms with E-state index in [-0.39, 0.29) is 11.8 Å². The number of amides is 1. The highest BCUT2D eigenvalue weighted by Crippen LogP contribution is 2.34. The summed E-state index contributed by atoms with van der Waals surface area (Å²) in [7, 11) is 1.87. The molecule has 0 bridgehead atoms. The van der Waals surface area contributed by atoms with Crippen molar-refractivity contribution in [3.8, 4) is 5.75 Å². The van der Waals surface area contributed by atoms with Crippen molar-refractivity contribution >= 4 is 5.91 Å². The van der Waals surface area contributed by atoms with Gasteiger partial charge < -0.3 is 15.4 Å². The minimum absolute atomic E-state index is 0.143. The normalized spacial score (nSPS) is 16.8. The zero-order valence-electron chi connectivity index (χ0n) is 11.5. The Bertz CT molecular complexity index is 434. The number of rotatable bonds is 6. The first-order valence-corrected chi connectivity index (χ1v) is 6.91. The molecule has 1 aliphatic heterocycles. The number of likely N-dealkylation sites (N-methyl/N-ethyl adjacent to an activating group) is 1. The van der Waals surface area contributed by atoms with Gasteiger partial charge in [-0.25, -0.2) is 0 Å². The largest absolute Gasteiger partial charge is 0.492 e. The number of fused-ring (bicyclic) bond motifs is 1. The maximum absolute atomic E-state index is 12.4. The molecule has 0 saturated carbocycles. The number of hydrogen-bond donors (Lipinski definition) is 1. The van der Waals surface area contributed by atoms with Gasteiger partial charge in [-0.15, -0.1) is 0 Å². The van der Waals surface area contributed by atoms with Crippen LogP contribution in [0.2, 0.25) is 0 Å². The van der Waals surface area contributed by atoms with Crippen molar-refractivity contribution in [1.29, 1.82) is 0 Å². The van der Waals surface area contributed by atoms with Gasteiger partial charge in [0.15, 0.2) is 0 Å². The van der Waals surface area contributed by atoms with E-state index in [0.717, 1.165) is 43.7 Å². The predicted octanol–water partition coefficient (Wildman–Crippen LogP) is 1.75. The topological polar surface area (TPSA) is 55.6 Å². The standard InChI is InChI=1S/C15H22N2O2/c1-17(10-6-2-5-9-16)15(18)13-11-19-14-8-4-3-7-12(13)14/h3-4,7-8,13H,2,5-6,9-11,16H2,1H3. The first-order chi connectivity index (χ1) is 9.24. The minimum atomic E-state index is -0.143. The lowest BCUT2D eigenvalue weighted by molar-refractivity contribution is -0.131. The number of hydrogen-bond acceptors (Lipinski definition) is 3. The molecule has 4 nitrogen and oxygen atoms in total. The Labute approximate surface area is 114 Å². The van der Waals surface area contributed by atoms with Crippen LogP contribution in [0.5, 0.6) is 5.75 Å². The van der Waals surface area contributed by atoms with Gasteiger partial charge in [0.05, 0.1) is 0 Å². The van der Waals surface area contributed by atoms with Gasteiger partial charge in [-0.05, 0) is 25.5 Å². The number of carbonyl (C=O) groups excluding carboxylic acids is 1. The molecule has 1 unspecified atom stereocenters. The molecule has 1 heterocycles. The molecular formula is C15H22N2O2. The first kappa shape index (κ1) is 13.9. The van der Waals surface area contributed by atoms with Crippen molar-refractivity contribution < 1.29 is 9.53 Å². The van der Waals surface area contributed by atoms with Gasteiger partial charge in [0, 0.05) is 19.2 Å². The molecule has 0 spiro atoms. The van der Waals surface area contributed by atoms with Crippen molar-refractivity contribution in [3.05, 3.63) is 29.8 Å². The van der Waals surface area contributed by atoms with Gasteiger partial charge in [0.25, 0.3) is 0 Å². The molecule has 1 atom stereocenters. The van der Waals surface area contributed by atoms with E-state index in [1.54, 1.807) is 0 Å². The molecule has 2 N–H and O–H groups in total. The molecule has 1 aromatic carbocycles. The van der Waals surface area contributed by atoms with E-state index >= 15 is 0 Å². The summed E-state index contributed by atoms with van der Waals surface area (Å²) < 4.78 is 5.56. The molecule has 0 fully saturated rings. The molecule has 104 valence electrons. The third-order valence-corrected chi connectivity index (χ3v) is 3.57. The first-order valence-electron chi connectivity index (χ1n) is 6.91. The maximum Gasteiger partial charge on any atom is 0.233 e. The number of ether oxygens (including phenoxy) is 1. The van der Waals surface area contributed by atoms with Crippen molar-refractivity contribution in [2.75, 3.05) is 26.7 Å². The lowest BCUT2D eigenvalue weighted by atomic mass is 10.00. The van der Waals surface area contributed by atoms with Crippen LogP contribution < -0.4 is 10.5 Å². The van der Waals surface area contributed by atoms with Crippen LogP contribution in [-0.4, -0.2) is 37.6 Å². The third kappa shape index (κ3) is 3.26. The SMILES string of the molecule is CN(CCCCCN)C(=O)C1COc2ccccc21. The Kier molecular flexibility index (Phi) is 4.80. The van der Waals surface area contributed by atoms with Crippen LogP contribution in [0.4, 0.5) is 0 Å². The third-order valence-electron chi connectivity index (χ3n) is 3.57. The fourth-order valence-electron chi connectivity index (χ4n) is 2.41. The average molecular weight is 262 g/mol. The second-order valence-electron chi connectivity index (χ2n) is 5.01. The highest BCUT2D eigenvalue weighted by molar-refractivity contribution is 5.85. The number of para-hydroxylation sites is 1. The summed E-state index contributed by atoms with van der Waals surface area (Å²) in [5.74, 6) is 0.853. The lowest BCUT2D eigenvalue weighted by Crippen LogP contribution is -2.33. The summed E-state index contributed by atoms with van der Waals surface area (Å²) in [6.07, 6.45) is 3.11. The molecule has 1 aliphatic rings. The molecule has 19 heavy (non-hydrogen) atoms. The monoisotopic (exact) mass is 262 g/mol. The second-order valence-corrected chi connectivity index (χ2v) is 5.01. The summed E-state index contributed by atoms with van der Waals surface area (Å²) in [6, 6.07) is 7.79. The molecule has 4 heteroatoms. The fraction of sp³-hybridized carbons (Fsp3) is 0.533. The molecule has 0 aromatic heterocycles. The van der Waals surface area contributed by atoms with E-state index in [4.69, 9.17) is 10.5 Å². The number of nitrogens with two attached hydrogens (primary N) is 1. The lowest BCUT2D eigenvalue weighted by Gasteiger charge is -2.20. The van der Waals surface area contributed by atoms with Crippen LogP contribution in [-0.2, 0) is 4.79 Å². The number of benzene rings is 1. The molecule has 1 aromatic rings. The number of carbonyl (C=O) groups is 1. The molecule has 2 rings (SSSR count). The Morgan fingerprint density at radius 2 is 2.16 bits per heavy atom. The summed E-state index contributed by atoms with van der Waals surface area (Å²) in [4.78, 5) is 14.2. The Hall–Kier alpha value is -1.55. The molecule has 0 radical (unpaired) electrons. The molecule has 0 saturated heterocycles. The highest BCUT2D eigenvalue weighted by atomic mass is 16.5. The number of unbranched alkanes of at least 4 members (excludes halogenated alkanes) is 2. The van der Waals surface area contributed by atoms with E-state index in [0.29, 0.717) is 6.61 Å². The van der Waals surface area contributed by atoms with E-state index < -0.39 is 0 Å². The molecular weight excluding hydrogens is 240 g/mol. The average Bonchev–Trinajstić information content (AvgIpc) is 2.86. The van der Waals surface area contributed by atoms with E-state index in [2.05, 4.69) is 0 Å². The van der Waals surface area contributed by atoms with Gasteiger partial charge >= 0.3 is 0 Å². The zero-order valence-corrected chi connectivity index (χ0v) is 11.5. The Balaban J connectivity index is 1.90. The minimum Gasteiger partial charge on any atom is -0.492 e. The van der Waals surface area contributed by atoms with Gasteiger partial charge in [0.2, 0.25) is 5.91 Å². The maximum atomic E-state index is 12.4. The van der Waals surface area contributed by atoms with Crippen LogP contribution in [0.25, 0.3) is 0 Å². The van der Waals surface area contributed by atoms with Gasteiger partial charge in [-0.1, -0.05) is 24.6 Å². The Morgan fingerprint density at radius 1 is 1.37 bits per heavy atom. The smallest absolute Gasteiger partial charge is 0.233 e. The van der Waals surface area contributed by atoms with Gasteiger partial charge in [-0.3, -0.25) is 4.79 Å². The second kappa shape index (κ2) is 6.57. The van der Waals surface area contributed by atoms with E-state index in [1.165, 1.54) is 0 Å². The molecule has 0 aliphatic carbocycles. The predicted molar refractivity (Wildman–Crippen MR) is 75.2 cm³/mol. The van der Waals surface area contributed by atoms with Crippen LogP contribution in [0.1, 0.15) is 30.7 Å². The quantitative estimate of drug-likeness (QED) is 0.795. The van der Waals surface area contributed by atoms with Crippen LogP contribution >= 0.6 is 0 Å². The van der Waals surface area contributed by atoms with Crippen molar-refractivity contribution in [1.82, 2.24) is 4.90 Å². The summed E-state index contributed by atoms with van der Waals surface area (Å²) >= 11 is 0. The number of nitrogens with zero attached hydrogens (tertiary/aromatic N) is 1. The van der Waals surface area contributed by atoms with Crippen molar-refractivity contribution in [2.45, 2.75) is 25.2 Å². The van der Waals surface area contributed by atoms with Crippen molar-refractivity contribution in [2.24, 2.45) is 5.73 Å². The summed E-state index contributed by atoms with van der Waals surface area (Å²) in [5.41, 5.74) is 6.48. The summed E-state index contributed by atoms with van der Waals surface area (Å²) in [6.45, 7) is 1.98. The van der Waals surface area contributed by atoms with E-state index in [1.807, 2.05) is 36.2 Å². The van der Waals surface area contributed by atoms with Crippen LogP contribution in [0.15, 0.2) is 24.3 Å². The molecule has 1 amide bonds. The van der Waals surface area contributed by atoms with Gasteiger partial charge in [-0.2, -0.15) is 0 Å². The van der Waals surface area contributed by atoms with Crippen molar-refractivity contribution in [3.63, 3.8) is 0 Å². The fourth-order valence-corrected chi connectivity index (χ4v) is 2.41. The van der Waals surface area contributed by atoms with Gasteiger partial charge in [0.1, 0.15) is 18.3 Å². The van der Waals surface area contributed by atoms with Crippen LogP contribution in [0.3, 0.4) is 0 Å². The highest BCUT2D eigenvalue weighted by Gasteiger charge is 2.31. The summed E-state index contributed by atoms with van der Waals surface area (Å²) in [5, 5.41) is 0.